The first kappa shape index (κ1) is 21.0. The highest BCUT2D eigenvalue weighted by molar-refractivity contribution is 7.90. The molecule has 4 rings (SSSR count). The van der Waals surface area contributed by atoms with E-state index in [9.17, 15) is 13.2 Å². The van der Waals surface area contributed by atoms with E-state index in [2.05, 4.69) is 10.1 Å². The van der Waals surface area contributed by atoms with Gasteiger partial charge in [-0.25, -0.2) is 22.9 Å². The second-order valence-electron chi connectivity index (χ2n) is 6.88. The van der Waals surface area contributed by atoms with Crippen LogP contribution < -0.4 is 0 Å². The molecule has 0 radical (unpaired) electrons. The molecule has 0 spiro atoms. The van der Waals surface area contributed by atoms with Crippen LogP contribution in [0.5, 0.6) is 0 Å². The van der Waals surface area contributed by atoms with Gasteiger partial charge in [-0.2, -0.15) is 5.10 Å². The highest BCUT2D eigenvalue weighted by atomic mass is 32.2. The standard InChI is InChI=1S/C22H19N3O4S2/c1-14-20(30-21(23-14)15-7-5-4-6-8-15)18-13-19(22(26)29-2)25(24-18)16-9-11-17(12-10-16)31(3,27)28/h4-13H,1-3H3. The summed E-state index contributed by atoms with van der Waals surface area (Å²) >= 11 is 1.49. The number of hydrogen-bond donors (Lipinski definition) is 0. The Hall–Kier alpha value is -3.30. The Kier molecular flexibility index (Phi) is 5.47. The fraction of sp³-hybridized carbons (Fsp3) is 0.136. The van der Waals surface area contributed by atoms with Gasteiger partial charge in [-0.3, -0.25) is 0 Å². The maximum atomic E-state index is 12.4. The summed E-state index contributed by atoms with van der Waals surface area (Å²) < 4.78 is 29.9. The van der Waals surface area contributed by atoms with Crippen molar-refractivity contribution < 1.29 is 17.9 Å². The zero-order valence-electron chi connectivity index (χ0n) is 17.1. The molecule has 0 aliphatic heterocycles. The lowest BCUT2D eigenvalue weighted by molar-refractivity contribution is 0.0590. The van der Waals surface area contributed by atoms with Crippen LogP contribution in [-0.4, -0.2) is 42.5 Å². The number of thiazole rings is 1. The first-order valence-electron chi connectivity index (χ1n) is 9.30. The third kappa shape index (κ3) is 4.14. The summed E-state index contributed by atoms with van der Waals surface area (Å²) in [6, 6.07) is 17.7. The molecule has 31 heavy (non-hydrogen) atoms. The Balaban J connectivity index is 1.80. The molecule has 4 aromatic rings. The zero-order valence-corrected chi connectivity index (χ0v) is 18.7. The molecule has 0 amide bonds. The number of sulfone groups is 1. The molecule has 0 unspecified atom stereocenters. The fourth-order valence-corrected chi connectivity index (χ4v) is 4.77. The summed E-state index contributed by atoms with van der Waals surface area (Å²) in [5.41, 5.74) is 3.18. The number of ether oxygens (including phenoxy) is 1. The maximum Gasteiger partial charge on any atom is 0.356 e. The van der Waals surface area contributed by atoms with Crippen LogP contribution in [-0.2, 0) is 14.6 Å². The van der Waals surface area contributed by atoms with Gasteiger partial charge >= 0.3 is 5.97 Å². The first-order chi connectivity index (χ1) is 14.8. The zero-order chi connectivity index (χ0) is 22.2. The van der Waals surface area contributed by atoms with Crippen molar-refractivity contribution in [2.75, 3.05) is 13.4 Å². The predicted molar refractivity (Wildman–Crippen MR) is 119 cm³/mol. The molecule has 9 heteroatoms. The summed E-state index contributed by atoms with van der Waals surface area (Å²) in [5.74, 6) is -0.545. The minimum absolute atomic E-state index is 0.189. The molecule has 2 heterocycles. The molecule has 0 bridgehead atoms. The molecule has 0 saturated carbocycles. The minimum atomic E-state index is -3.33. The number of methoxy groups -OCH3 is 1. The van der Waals surface area contributed by atoms with E-state index >= 15 is 0 Å². The number of aromatic nitrogens is 3. The second kappa shape index (κ2) is 8.09. The van der Waals surface area contributed by atoms with Gasteiger partial charge in [-0.1, -0.05) is 30.3 Å². The van der Waals surface area contributed by atoms with E-state index in [0.29, 0.717) is 11.4 Å². The molecule has 0 aliphatic rings. The van der Waals surface area contributed by atoms with Crippen molar-refractivity contribution in [3.63, 3.8) is 0 Å². The van der Waals surface area contributed by atoms with E-state index in [1.54, 1.807) is 18.2 Å². The van der Waals surface area contributed by atoms with Gasteiger partial charge in [0.15, 0.2) is 15.5 Å². The maximum absolute atomic E-state index is 12.4. The van der Waals surface area contributed by atoms with E-state index in [4.69, 9.17) is 4.74 Å². The van der Waals surface area contributed by atoms with Crippen LogP contribution in [0.25, 0.3) is 26.8 Å². The molecule has 0 aliphatic carbocycles. The summed E-state index contributed by atoms with van der Waals surface area (Å²) in [6.07, 6.45) is 1.14. The van der Waals surface area contributed by atoms with Crippen LogP contribution >= 0.6 is 11.3 Å². The van der Waals surface area contributed by atoms with E-state index < -0.39 is 15.8 Å². The van der Waals surface area contributed by atoms with Crippen molar-refractivity contribution >= 4 is 27.1 Å². The second-order valence-corrected chi connectivity index (χ2v) is 9.90. The number of carbonyl (C=O) groups is 1. The van der Waals surface area contributed by atoms with Gasteiger partial charge in [0, 0.05) is 17.9 Å². The molecule has 2 aromatic carbocycles. The van der Waals surface area contributed by atoms with Crippen LogP contribution in [0, 0.1) is 6.92 Å². The van der Waals surface area contributed by atoms with Gasteiger partial charge in [0.05, 0.1) is 28.3 Å². The lowest BCUT2D eigenvalue weighted by Gasteiger charge is -2.06. The molecule has 7 nitrogen and oxygen atoms in total. The number of carbonyl (C=O) groups excluding carboxylic acids is 1. The quantitative estimate of drug-likeness (QED) is 0.422. The number of benzene rings is 2. The molecular formula is C22H19N3O4S2. The molecule has 0 N–H and O–H groups in total. The summed E-state index contributed by atoms with van der Waals surface area (Å²) in [7, 11) is -2.02. The topological polar surface area (TPSA) is 91.2 Å². The number of esters is 1. The van der Waals surface area contributed by atoms with E-state index in [1.165, 1.54) is 35.3 Å². The average molecular weight is 454 g/mol. The van der Waals surface area contributed by atoms with Crippen molar-refractivity contribution in [3.05, 3.63) is 72.1 Å². The monoisotopic (exact) mass is 453 g/mol. The summed E-state index contributed by atoms with van der Waals surface area (Å²) in [4.78, 5) is 18.1. The van der Waals surface area contributed by atoms with Gasteiger partial charge in [-0.15, -0.1) is 11.3 Å². The van der Waals surface area contributed by atoms with Crippen molar-refractivity contribution in [1.29, 1.82) is 0 Å². The van der Waals surface area contributed by atoms with Crippen LogP contribution in [0.3, 0.4) is 0 Å². The minimum Gasteiger partial charge on any atom is -0.464 e. The third-order valence-corrected chi connectivity index (χ3v) is 7.02. The molecule has 158 valence electrons. The normalized spacial score (nSPS) is 11.5. The highest BCUT2D eigenvalue weighted by Crippen LogP contribution is 2.35. The van der Waals surface area contributed by atoms with E-state index in [1.807, 2.05) is 37.3 Å². The van der Waals surface area contributed by atoms with Crippen LogP contribution in [0.2, 0.25) is 0 Å². The number of aryl methyl sites for hydroxylation is 1. The van der Waals surface area contributed by atoms with Gasteiger partial charge < -0.3 is 4.74 Å². The SMILES string of the molecule is COC(=O)c1cc(-c2sc(-c3ccccc3)nc2C)nn1-c1ccc(S(C)(=O)=O)cc1. The largest absolute Gasteiger partial charge is 0.464 e. The van der Waals surface area contributed by atoms with Crippen molar-refractivity contribution in [2.45, 2.75) is 11.8 Å². The lowest BCUT2D eigenvalue weighted by Crippen LogP contribution is -2.10. The Bertz CT molecular complexity index is 1360. The van der Waals surface area contributed by atoms with Gasteiger partial charge in [0.25, 0.3) is 0 Å². The number of rotatable bonds is 5. The Labute approximate surface area is 183 Å². The van der Waals surface area contributed by atoms with Crippen molar-refractivity contribution in [3.8, 4) is 26.8 Å². The van der Waals surface area contributed by atoms with E-state index in [-0.39, 0.29) is 10.6 Å². The van der Waals surface area contributed by atoms with E-state index in [0.717, 1.165) is 27.4 Å². The highest BCUT2D eigenvalue weighted by Gasteiger charge is 2.21. The summed E-state index contributed by atoms with van der Waals surface area (Å²) in [5, 5.41) is 5.48. The fourth-order valence-electron chi connectivity index (χ4n) is 3.11. The third-order valence-electron chi connectivity index (χ3n) is 4.66. The molecule has 2 aromatic heterocycles. The summed E-state index contributed by atoms with van der Waals surface area (Å²) in [6.45, 7) is 1.90. The Morgan fingerprint density at radius 2 is 1.74 bits per heavy atom. The first-order valence-corrected chi connectivity index (χ1v) is 12.0. The smallest absolute Gasteiger partial charge is 0.356 e. The van der Waals surface area contributed by atoms with Crippen molar-refractivity contribution in [1.82, 2.24) is 14.8 Å². The van der Waals surface area contributed by atoms with Gasteiger partial charge in [0.2, 0.25) is 0 Å². The van der Waals surface area contributed by atoms with Gasteiger partial charge in [-0.05, 0) is 31.2 Å². The molecule has 0 fully saturated rings. The molecule has 0 saturated heterocycles. The Morgan fingerprint density at radius 1 is 1.06 bits per heavy atom. The van der Waals surface area contributed by atoms with Crippen molar-refractivity contribution in [2.24, 2.45) is 0 Å². The van der Waals surface area contributed by atoms with Gasteiger partial charge in [0.1, 0.15) is 10.7 Å². The van der Waals surface area contributed by atoms with Crippen LogP contribution in [0.15, 0.2) is 65.6 Å². The number of nitrogens with zero attached hydrogens (tertiary/aromatic N) is 3. The average Bonchev–Trinajstić information content (AvgIpc) is 3.37. The lowest BCUT2D eigenvalue weighted by atomic mass is 10.2. The molecule has 0 atom stereocenters. The van der Waals surface area contributed by atoms with Crippen LogP contribution in [0.1, 0.15) is 16.2 Å². The molecular weight excluding hydrogens is 434 g/mol. The number of hydrogen-bond acceptors (Lipinski definition) is 7. The van der Waals surface area contributed by atoms with Crippen LogP contribution in [0.4, 0.5) is 0 Å². The predicted octanol–water partition coefficient (Wildman–Crippen LogP) is 4.16. The Morgan fingerprint density at radius 3 is 2.35 bits per heavy atom.